The van der Waals surface area contributed by atoms with Crippen LogP contribution in [0.1, 0.15) is 41.5 Å². The highest BCUT2D eigenvalue weighted by atomic mass is 19.4. The Morgan fingerprint density at radius 3 is 2.35 bits per heavy atom. The molecule has 3 rings (SSSR count). The molecule has 1 N–H and O–H groups in total. The summed E-state index contributed by atoms with van der Waals surface area (Å²) in [5.74, 6) is 0. The second-order valence-electron chi connectivity index (χ2n) is 6.87. The Balaban J connectivity index is 1.48. The van der Waals surface area contributed by atoms with Crippen LogP contribution in [0.25, 0.3) is 0 Å². The molecule has 26 heavy (non-hydrogen) atoms. The second kappa shape index (κ2) is 7.80. The molecule has 0 aromatic heterocycles. The van der Waals surface area contributed by atoms with Crippen molar-refractivity contribution in [2.45, 2.75) is 44.0 Å². The molecular weight excluding hydrogens is 339 g/mol. The summed E-state index contributed by atoms with van der Waals surface area (Å²) in [5, 5.41) is 3.30. The first-order valence-electron chi connectivity index (χ1n) is 8.94. The molecule has 1 aliphatic carbocycles. The number of halogens is 3. The van der Waals surface area contributed by atoms with E-state index in [1.54, 1.807) is 13.2 Å². The molecule has 2 aromatic carbocycles. The maximum atomic E-state index is 12.7. The van der Waals surface area contributed by atoms with Gasteiger partial charge in [-0.15, -0.1) is 0 Å². The van der Waals surface area contributed by atoms with Crippen molar-refractivity contribution < 1.29 is 17.9 Å². The van der Waals surface area contributed by atoms with E-state index in [1.165, 1.54) is 24.1 Å². The normalized spacial score (nSPS) is 16.3. The first-order chi connectivity index (χ1) is 12.4. The van der Waals surface area contributed by atoms with Gasteiger partial charge in [0.1, 0.15) is 0 Å². The van der Waals surface area contributed by atoms with Crippen molar-refractivity contribution >= 4 is 0 Å². The molecule has 5 heteroatoms. The van der Waals surface area contributed by atoms with Crippen molar-refractivity contribution in [1.82, 2.24) is 5.32 Å². The monoisotopic (exact) mass is 363 g/mol. The van der Waals surface area contributed by atoms with Crippen molar-refractivity contribution in [3.63, 3.8) is 0 Å². The Morgan fingerprint density at radius 1 is 1.04 bits per heavy atom. The minimum Gasteiger partial charge on any atom is -0.374 e. The van der Waals surface area contributed by atoms with Crippen molar-refractivity contribution in [2.75, 3.05) is 13.7 Å². The zero-order chi connectivity index (χ0) is 18.6. The molecule has 2 nitrogen and oxygen atoms in total. The van der Waals surface area contributed by atoms with E-state index in [0.29, 0.717) is 25.1 Å². The second-order valence-corrected chi connectivity index (χ2v) is 6.87. The third-order valence-electron chi connectivity index (χ3n) is 5.21. The van der Waals surface area contributed by atoms with Gasteiger partial charge in [0.05, 0.1) is 11.2 Å². The quantitative estimate of drug-likeness (QED) is 0.694. The molecule has 0 aliphatic heterocycles. The number of alkyl halides is 3. The van der Waals surface area contributed by atoms with Crippen LogP contribution in [-0.2, 0) is 29.5 Å². The van der Waals surface area contributed by atoms with Gasteiger partial charge in [0.15, 0.2) is 0 Å². The van der Waals surface area contributed by atoms with E-state index in [2.05, 4.69) is 29.6 Å². The van der Waals surface area contributed by atoms with Gasteiger partial charge >= 0.3 is 6.18 Å². The number of methoxy groups -OCH3 is 1. The Kier molecular flexibility index (Phi) is 5.68. The highest BCUT2D eigenvalue weighted by Crippen LogP contribution is 2.44. The van der Waals surface area contributed by atoms with Gasteiger partial charge in [-0.2, -0.15) is 13.2 Å². The van der Waals surface area contributed by atoms with Crippen LogP contribution in [0.15, 0.2) is 48.5 Å². The SMILES string of the molecule is COC1(c2ccc(CNCCc3cccc(C(F)(F)F)c3)cc2)CCC1. The number of hydrogen-bond donors (Lipinski definition) is 1. The summed E-state index contributed by atoms with van der Waals surface area (Å²) < 4.78 is 43.9. The van der Waals surface area contributed by atoms with Crippen LogP contribution >= 0.6 is 0 Å². The first kappa shape index (κ1) is 18.9. The van der Waals surface area contributed by atoms with E-state index in [1.807, 2.05) is 0 Å². The molecule has 1 aliphatic rings. The lowest BCUT2D eigenvalue weighted by atomic mass is 9.75. The van der Waals surface area contributed by atoms with Gasteiger partial charge < -0.3 is 10.1 Å². The Labute approximate surface area is 152 Å². The van der Waals surface area contributed by atoms with E-state index >= 15 is 0 Å². The molecule has 0 unspecified atom stereocenters. The zero-order valence-electron chi connectivity index (χ0n) is 14.9. The molecule has 0 saturated heterocycles. The van der Waals surface area contributed by atoms with E-state index < -0.39 is 11.7 Å². The lowest BCUT2D eigenvalue weighted by Crippen LogP contribution is -2.36. The molecule has 0 bridgehead atoms. The zero-order valence-corrected chi connectivity index (χ0v) is 14.9. The average molecular weight is 363 g/mol. The fourth-order valence-corrected chi connectivity index (χ4v) is 3.40. The predicted molar refractivity (Wildman–Crippen MR) is 95.8 cm³/mol. The van der Waals surface area contributed by atoms with Crippen LogP contribution in [0.4, 0.5) is 13.2 Å². The molecule has 0 heterocycles. The summed E-state index contributed by atoms with van der Waals surface area (Å²) in [4.78, 5) is 0. The van der Waals surface area contributed by atoms with Crippen LogP contribution in [0.3, 0.4) is 0 Å². The molecule has 1 fully saturated rings. The molecule has 0 atom stereocenters. The molecular formula is C21H24F3NO. The van der Waals surface area contributed by atoms with Gasteiger partial charge in [-0.1, -0.05) is 42.5 Å². The van der Waals surface area contributed by atoms with Crippen molar-refractivity contribution in [3.05, 3.63) is 70.8 Å². The fraction of sp³-hybridized carbons (Fsp3) is 0.429. The maximum Gasteiger partial charge on any atom is 0.416 e. The van der Waals surface area contributed by atoms with E-state index in [9.17, 15) is 13.2 Å². The van der Waals surface area contributed by atoms with Gasteiger partial charge in [-0.05, 0) is 55.0 Å². The highest BCUT2D eigenvalue weighted by Gasteiger charge is 2.38. The predicted octanol–water partition coefficient (Wildman–Crippen LogP) is 5.06. The Morgan fingerprint density at radius 2 is 1.77 bits per heavy atom. The van der Waals surface area contributed by atoms with E-state index in [4.69, 9.17) is 4.74 Å². The van der Waals surface area contributed by atoms with E-state index in [-0.39, 0.29) is 5.60 Å². The molecule has 0 amide bonds. The largest absolute Gasteiger partial charge is 0.416 e. The molecule has 1 saturated carbocycles. The summed E-state index contributed by atoms with van der Waals surface area (Å²) in [6.07, 6.45) is -0.386. The topological polar surface area (TPSA) is 21.3 Å². The molecule has 2 aromatic rings. The fourth-order valence-electron chi connectivity index (χ4n) is 3.40. The van der Waals surface area contributed by atoms with Gasteiger partial charge in [0.25, 0.3) is 0 Å². The molecule has 0 radical (unpaired) electrons. The van der Waals surface area contributed by atoms with Crippen LogP contribution in [0.2, 0.25) is 0 Å². The summed E-state index contributed by atoms with van der Waals surface area (Å²) >= 11 is 0. The Bertz CT molecular complexity index is 715. The lowest BCUT2D eigenvalue weighted by Gasteiger charge is -2.41. The third kappa shape index (κ3) is 4.27. The summed E-state index contributed by atoms with van der Waals surface area (Å²) in [6.45, 7) is 1.32. The van der Waals surface area contributed by atoms with Crippen LogP contribution in [-0.4, -0.2) is 13.7 Å². The summed E-state index contributed by atoms with van der Waals surface area (Å²) in [6, 6.07) is 13.9. The maximum absolute atomic E-state index is 12.7. The number of hydrogen-bond acceptors (Lipinski definition) is 2. The minimum atomic E-state index is -4.29. The number of nitrogens with one attached hydrogen (secondary N) is 1. The first-order valence-corrected chi connectivity index (χ1v) is 8.94. The molecule has 140 valence electrons. The summed E-state index contributed by atoms with van der Waals surface area (Å²) in [7, 11) is 1.77. The summed E-state index contributed by atoms with van der Waals surface area (Å²) in [5.41, 5.74) is 2.38. The van der Waals surface area contributed by atoms with Crippen molar-refractivity contribution in [1.29, 1.82) is 0 Å². The van der Waals surface area contributed by atoms with Crippen LogP contribution < -0.4 is 5.32 Å². The van der Waals surface area contributed by atoms with Crippen molar-refractivity contribution in [2.24, 2.45) is 0 Å². The number of ether oxygens (including phenoxy) is 1. The van der Waals surface area contributed by atoms with E-state index in [0.717, 1.165) is 24.5 Å². The van der Waals surface area contributed by atoms with Crippen LogP contribution in [0, 0.1) is 0 Å². The number of benzene rings is 2. The standard InChI is InChI=1S/C21H24F3NO/c1-26-20(11-3-12-20)18-8-6-17(7-9-18)15-25-13-10-16-4-2-5-19(14-16)21(22,23)24/h2,4-9,14,25H,3,10-13,15H2,1H3. The van der Waals surface area contributed by atoms with Crippen LogP contribution in [0.5, 0.6) is 0 Å². The molecule has 0 spiro atoms. The Hall–Kier alpha value is -1.85. The highest BCUT2D eigenvalue weighted by molar-refractivity contribution is 5.29. The number of rotatable bonds is 7. The van der Waals surface area contributed by atoms with Gasteiger partial charge in [-0.25, -0.2) is 0 Å². The van der Waals surface area contributed by atoms with Crippen molar-refractivity contribution in [3.8, 4) is 0 Å². The lowest BCUT2D eigenvalue weighted by molar-refractivity contribution is -0.137. The van der Waals surface area contributed by atoms with Gasteiger partial charge in [0, 0.05) is 13.7 Å². The third-order valence-corrected chi connectivity index (χ3v) is 5.21. The van der Waals surface area contributed by atoms with Gasteiger partial charge in [-0.3, -0.25) is 0 Å². The van der Waals surface area contributed by atoms with Gasteiger partial charge in [0.2, 0.25) is 0 Å². The minimum absolute atomic E-state index is 0.102. The smallest absolute Gasteiger partial charge is 0.374 e. The average Bonchev–Trinajstić information content (AvgIpc) is 2.59.